The maximum absolute atomic E-state index is 6.50. The molecule has 4 aromatic heterocycles. The molecule has 0 saturated carbocycles. The molecule has 0 amide bonds. The van der Waals surface area contributed by atoms with Crippen LogP contribution in [0.25, 0.3) is 104 Å². The van der Waals surface area contributed by atoms with Crippen LogP contribution in [0.4, 0.5) is 0 Å². The highest BCUT2D eigenvalue weighted by molar-refractivity contribution is 7.26. The molecular weight excluding hydrogens is 645 g/mol. The van der Waals surface area contributed by atoms with Crippen LogP contribution in [-0.4, -0.2) is 19.5 Å². The van der Waals surface area contributed by atoms with Crippen molar-refractivity contribution in [3.05, 3.63) is 158 Å². The fourth-order valence-electron chi connectivity index (χ4n) is 7.51. The van der Waals surface area contributed by atoms with Gasteiger partial charge in [-0.05, 0) is 54.6 Å². The molecule has 51 heavy (non-hydrogen) atoms. The minimum absolute atomic E-state index is 0.620. The largest absolute Gasteiger partial charge is 0.456 e. The zero-order valence-corrected chi connectivity index (χ0v) is 27.9. The number of hydrogen-bond acceptors (Lipinski definition) is 5. The summed E-state index contributed by atoms with van der Waals surface area (Å²) in [6.07, 6.45) is 0. The van der Waals surface area contributed by atoms with Crippen LogP contribution in [0.5, 0.6) is 0 Å². The summed E-state index contributed by atoms with van der Waals surface area (Å²) in [6, 6.07) is 54.9. The lowest BCUT2D eigenvalue weighted by atomic mass is 10.1. The highest BCUT2D eigenvalue weighted by Gasteiger charge is 2.18. The van der Waals surface area contributed by atoms with Crippen LogP contribution >= 0.6 is 11.3 Å². The standard InChI is InChI=1S/C45H26N4OS/c1-2-11-27(12-3-1)43-46-44(48-45(47-43)35-17-10-16-34-33-15-6-9-20-41(33)51-42(34)35)28-21-24-39-36(25-28)32-23-22-29(26-40(32)50-39)49-37-18-7-4-13-30(37)31-14-5-8-19-38(31)49/h1-26H. The fourth-order valence-corrected chi connectivity index (χ4v) is 8.72. The molecule has 0 N–H and O–H groups in total. The number of benzene rings is 7. The molecular formula is C45H26N4OS. The topological polar surface area (TPSA) is 56.7 Å². The lowest BCUT2D eigenvalue weighted by Crippen LogP contribution is -2.00. The van der Waals surface area contributed by atoms with Gasteiger partial charge >= 0.3 is 0 Å². The Morgan fingerprint density at radius 2 is 1.10 bits per heavy atom. The van der Waals surface area contributed by atoms with Gasteiger partial charge in [0.15, 0.2) is 17.5 Å². The number of furan rings is 1. The lowest BCUT2D eigenvalue weighted by Gasteiger charge is -2.09. The maximum Gasteiger partial charge on any atom is 0.165 e. The Balaban J connectivity index is 1.08. The zero-order chi connectivity index (χ0) is 33.5. The highest BCUT2D eigenvalue weighted by atomic mass is 32.1. The van der Waals surface area contributed by atoms with E-state index in [1.54, 1.807) is 11.3 Å². The van der Waals surface area contributed by atoms with Crippen molar-refractivity contribution in [2.75, 3.05) is 0 Å². The van der Waals surface area contributed by atoms with Crippen molar-refractivity contribution in [2.24, 2.45) is 0 Å². The number of para-hydroxylation sites is 2. The number of rotatable bonds is 4. The van der Waals surface area contributed by atoms with Crippen LogP contribution in [-0.2, 0) is 0 Å². The number of aromatic nitrogens is 4. The minimum atomic E-state index is 0.620. The van der Waals surface area contributed by atoms with Gasteiger partial charge in [0, 0.05) is 70.2 Å². The zero-order valence-electron chi connectivity index (χ0n) is 27.1. The first-order valence-electron chi connectivity index (χ1n) is 16.9. The Morgan fingerprint density at radius 3 is 1.90 bits per heavy atom. The Hall–Kier alpha value is -6.63. The predicted molar refractivity (Wildman–Crippen MR) is 211 cm³/mol. The quantitative estimate of drug-likeness (QED) is 0.187. The molecule has 0 unspecified atom stereocenters. The second-order valence-corrected chi connectivity index (χ2v) is 13.9. The molecule has 5 nitrogen and oxygen atoms in total. The molecule has 0 saturated heterocycles. The number of thiophene rings is 1. The first-order chi connectivity index (χ1) is 25.3. The first-order valence-corrected chi connectivity index (χ1v) is 17.8. The summed E-state index contributed by atoms with van der Waals surface area (Å²) in [5, 5.41) is 6.99. The smallest absolute Gasteiger partial charge is 0.165 e. The van der Waals surface area contributed by atoms with Gasteiger partial charge in [-0.3, -0.25) is 0 Å². The van der Waals surface area contributed by atoms with E-state index in [1.165, 1.54) is 42.0 Å². The molecule has 11 rings (SSSR count). The van der Waals surface area contributed by atoms with Gasteiger partial charge < -0.3 is 8.98 Å². The average molecular weight is 671 g/mol. The maximum atomic E-state index is 6.50. The Labute approximate surface area is 295 Å². The molecule has 0 bridgehead atoms. The van der Waals surface area contributed by atoms with E-state index < -0.39 is 0 Å². The van der Waals surface area contributed by atoms with Gasteiger partial charge in [0.2, 0.25) is 0 Å². The van der Waals surface area contributed by atoms with Crippen molar-refractivity contribution in [2.45, 2.75) is 0 Å². The van der Waals surface area contributed by atoms with Crippen LogP contribution in [0, 0.1) is 0 Å². The Morgan fingerprint density at radius 1 is 0.431 bits per heavy atom. The van der Waals surface area contributed by atoms with E-state index in [0.717, 1.165) is 44.3 Å². The average Bonchev–Trinajstić information content (AvgIpc) is 3.87. The molecule has 6 heteroatoms. The summed E-state index contributed by atoms with van der Waals surface area (Å²) in [5.74, 6) is 1.92. The van der Waals surface area contributed by atoms with Gasteiger partial charge in [0.05, 0.1) is 11.0 Å². The van der Waals surface area contributed by atoms with Gasteiger partial charge in [0.1, 0.15) is 11.2 Å². The molecule has 0 aliphatic carbocycles. The summed E-state index contributed by atoms with van der Waals surface area (Å²) in [5.41, 5.74) is 7.90. The van der Waals surface area contributed by atoms with Gasteiger partial charge in [-0.25, -0.2) is 15.0 Å². The summed E-state index contributed by atoms with van der Waals surface area (Å²) in [7, 11) is 0. The summed E-state index contributed by atoms with van der Waals surface area (Å²) in [6.45, 7) is 0. The van der Waals surface area contributed by atoms with E-state index in [9.17, 15) is 0 Å². The van der Waals surface area contributed by atoms with Gasteiger partial charge in [-0.15, -0.1) is 11.3 Å². The minimum Gasteiger partial charge on any atom is -0.456 e. The second-order valence-electron chi connectivity index (χ2n) is 12.8. The van der Waals surface area contributed by atoms with E-state index in [2.05, 4.69) is 120 Å². The molecule has 4 heterocycles. The number of hydrogen-bond donors (Lipinski definition) is 0. The third-order valence-corrected chi connectivity index (χ3v) is 11.1. The van der Waals surface area contributed by atoms with E-state index in [-0.39, 0.29) is 0 Å². The summed E-state index contributed by atoms with van der Waals surface area (Å²) >= 11 is 1.78. The second kappa shape index (κ2) is 10.9. The van der Waals surface area contributed by atoms with Crippen molar-refractivity contribution in [1.82, 2.24) is 19.5 Å². The van der Waals surface area contributed by atoms with Gasteiger partial charge in [-0.1, -0.05) is 97.1 Å². The SMILES string of the molecule is c1ccc(-c2nc(-c3ccc4oc5cc(-n6c7ccccc7c7ccccc76)ccc5c4c3)nc(-c3cccc4c3sc3ccccc34)n2)cc1. The van der Waals surface area contributed by atoms with E-state index >= 15 is 0 Å². The lowest BCUT2D eigenvalue weighted by molar-refractivity contribution is 0.668. The molecule has 0 radical (unpaired) electrons. The van der Waals surface area contributed by atoms with Crippen LogP contribution in [0.3, 0.4) is 0 Å². The van der Waals surface area contributed by atoms with Crippen molar-refractivity contribution in [3.63, 3.8) is 0 Å². The number of nitrogens with zero attached hydrogens (tertiary/aromatic N) is 4. The van der Waals surface area contributed by atoms with E-state index in [0.29, 0.717) is 17.5 Å². The van der Waals surface area contributed by atoms with Crippen molar-refractivity contribution in [1.29, 1.82) is 0 Å². The molecule has 0 spiro atoms. The molecule has 7 aromatic carbocycles. The van der Waals surface area contributed by atoms with E-state index in [1.807, 2.05) is 42.5 Å². The first kappa shape index (κ1) is 28.2. The van der Waals surface area contributed by atoms with Crippen LogP contribution in [0.1, 0.15) is 0 Å². The third-order valence-electron chi connectivity index (χ3n) is 9.86. The predicted octanol–water partition coefficient (Wildman–Crippen LogP) is 12.2. The molecule has 0 aliphatic heterocycles. The molecule has 0 atom stereocenters. The Bertz CT molecular complexity index is 3100. The molecule has 11 aromatic rings. The Kier molecular flexibility index (Phi) is 6.05. The van der Waals surface area contributed by atoms with Crippen molar-refractivity contribution < 1.29 is 4.42 Å². The highest BCUT2D eigenvalue weighted by Crippen LogP contribution is 2.40. The van der Waals surface area contributed by atoms with Crippen molar-refractivity contribution >= 4 is 75.3 Å². The van der Waals surface area contributed by atoms with Crippen LogP contribution in [0.2, 0.25) is 0 Å². The summed E-state index contributed by atoms with van der Waals surface area (Å²) in [4.78, 5) is 15.3. The molecule has 0 aliphatic rings. The van der Waals surface area contributed by atoms with E-state index in [4.69, 9.17) is 19.4 Å². The molecule has 238 valence electrons. The number of fused-ring (bicyclic) bond motifs is 9. The monoisotopic (exact) mass is 670 g/mol. The van der Waals surface area contributed by atoms with Crippen LogP contribution in [0.15, 0.2) is 162 Å². The van der Waals surface area contributed by atoms with Gasteiger partial charge in [0.25, 0.3) is 0 Å². The van der Waals surface area contributed by atoms with Gasteiger partial charge in [-0.2, -0.15) is 0 Å². The summed E-state index contributed by atoms with van der Waals surface area (Å²) < 4.78 is 11.2. The normalized spacial score (nSPS) is 11.9. The van der Waals surface area contributed by atoms with Crippen molar-refractivity contribution in [3.8, 4) is 39.9 Å². The molecule has 0 fully saturated rings. The fraction of sp³-hybridized carbons (Fsp3) is 0. The van der Waals surface area contributed by atoms with Crippen LogP contribution < -0.4 is 0 Å². The third kappa shape index (κ3) is 4.37.